The number of aromatic nitrogens is 2. The number of rotatable bonds is 9. The zero-order chi connectivity index (χ0) is 19.8. The standard InChI is InChI=1S/C21H19Cl2N3S2/c1-2-11-24-20-12-18(14-27-19-9-7-17(23)8-10-19)25-21(26-20)28-13-15-3-5-16(22)6-4-15/h2-10,12H,1,11,13-14H2,(H,24,25,26). The van der Waals surface area contributed by atoms with Crippen LogP contribution in [0.25, 0.3) is 0 Å². The molecule has 0 bridgehead atoms. The molecule has 28 heavy (non-hydrogen) atoms. The van der Waals surface area contributed by atoms with Crippen LogP contribution in [-0.4, -0.2) is 16.5 Å². The summed E-state index contributed by atoms with van der Waals surface area (Å²) in [7, 11) is 0. The minimum atomic E-state index is 0.655. The SMILES string of the molecule is C=CCNc1cc(CSc2ccc(Cl)cc2)nc(SCc2ccc(Cl)cc2)n1. The van der Waals surface area contributed by atoms with Crippen LogP contribution >= 0.6 is 46.7 Å². The normalized spacial score (nSPS) is 10.6. The van der Waals surface area contributed by atoms with Gasteiger partial charge in [0.25, 0.3) is 0 Å². The van der Waals surface area contributed by atoms with Crippen molar-refractivity contribution in [2.24, 2.45) is 0 Å². The lowest BCUT2D eigenvalue weighted by molar-refractivity contribution is 0.925. The second-order valence-corrected chi connectivity index (χ2v) is 8.72. The molecule has 0 aliphatic heterocycles. The molecule has 2 aromatic carbocycles. The third kappa shape index (κ3) is 6.74. The first-order valence-electron chi connectivity index (χ1n) is 8.61. The van der Waals surface area contributed by atoms with Crippen molar-refractivity contribution in [3.8, 4) is 0 Å². The van der Waals surface area contributed by atoms with Gasteiger partial charge in [0.05, 0.1) is 5.69 Å². The summed E-state index contributed by atoms with van der Waals surface area (Å²) in [6, 6.07) is 17.6. The summed E-state index contributed by atoms with van der Waals surface area (Å²) in [5, 5.41) is 5.48. The Labute approximate surface area is 184 Å². The molecular weight excluding hydrogens is 429 g/mol. The summed E-state index contributed by atoms with van der Waals surface area (Å²) in [4.78, 5) is 10.5. The van der Waals surface area contributed by atoms with E-state index in [-0.39, 0.29) is 0 Å². The molecule has 3 rings (SSSR count). The minimum Gasteiger partial charge on any atom is -0.366 e. The van der Waals surface area contributed by atoms with E-state index in [9.17, 15) is 0 Å². The molecule has 144 valence electrons. The average molecular weight is 448 g/mol. The van der Waals surface area contributed by atoms with Crippen molar-refractivity contribution in [2.75, 3.05) is 11.9 Å². The molecule has 0 unspecified atom stereocenters. The Kier molecular flexibility index (Phi) is 8.10. The number of nitrogens with zero attached hydrogens (tertiary/aromatic N) is 2. The quantitative estimate of drug-likeness (QED) is 0.217. The fourth-order valence-corrected chi connectivity index (χ4v) is 4.17. The maximum absolute atomic E-state index is 5.96. The highest BCUT2D eigenvalue weighted by atomic mass is 35.5. The van der Waals surface area contributed by atoms with E-state index in [1.165, 1.54) is 5.56 Å². The topological polar surface area (TPSA) is 37.8 Å². The Morgan fingerprint density at radius 3 is 2.25 bits per heavy atom. The van der Waals surface area contributed by atoms with Gasteiger partial charge in [0.2, 0.25) is 0 Å². The van der Waals surface area contributed by atoms with E-state index >= 15 is 0 Å². The molecule has 0 saturated carbocycles. The fraction of sp³-hybridized carbons (Fsp3) is 0.143. The first kappa shape index (κ1) is 21.1. The predicted octanol–water partition coefficient (Wildman–Crippen LogP) is 6.97. The number of benzene rings is 2. The van der Waals surface area contributed by atoms with Gasteiger partial charge in [-0.25, -0.2) is 9.97 Å². The molecule has 1 aromatic heterocycles. The van der Waals surface area contributed by atoms with E-state index < -0.39 is 0 Å². The van der Waals surface area contributed by atoms with Crippen LogP contribution in [0.5, 0.6) is 0 Å². The van der Waals surface area contributed by atoms with Gasteiger partial charge in [0, 0.05) is 39.1 Å². The van der Waals surface area contributed by atoms with Crippen LogP contribution in [0.3, 0.4) is 0 Å². The molecule has 3 aromatic rings. The van der Waals surface area contributed by atoms with Crippen LogP contribution in [0, 0.1) is 0 Å². The highest BCUT2D eigenvalue weighted by Gasteiger charge is 2.07. The number of halogens is 2. The molecule has 0 saturated heterocycles. The lowest BCUT2D eigenvalue weighted by Crippen LogP contribution is -2.04. The molecule has 1 heterocycles. The van der Waals surface area contributed by atoms with Crippen LogP contribution in [0.2, 0.25) is 10.0 Å². The summed E-state index contributed by atoms with van der Waals surface area (Å²) in [5.74, 6) is 2.34. The van der Waals surface area contributed by atoms with Crippen molar-refractivity contribution in [1.82, 2.24) is 9.97 Å². The van der Waals surface area contributed by atoms with Crippen molar-refractivity contribution in [3.05, 3.63) is 88.6 Å². The van der Waals surface area contributed by atoms with Crippen LogP contribution in [0.4, 0.5) is 5.82 Å². The number of nitrogens with one attached hydrogen (secondary N) is 1. The average Bonchev–Trinajstić information content (AvgIpc) is 2.71. The lowest BCUT2D eigenvalue weighted by atomic mass is 10.2. The Morgan fingerprint density at radius 2 is 1.57 bits per heavy atom. The largest absolute Gasteiger partial charge is 0.366 e. The van der Waals surface area contributed by atoms with Gasteiger partial charge in [0.1, 0.15) is 5.82 Å². The predicted molar refractivity (Wildman–Crippen MR) is 123 cm³/mol. The molecule has 0 fully saturated rings. The molecule has 7 heteroatoms. The number of thioether (sulfide) groups is 2. The van der Waals surface area contributed by atoms with E-state index in [0.29, 0.717) is 6.54 Å². The highest BCUT2D eigenvalue weighted by Crippen LogP contribution is 2.27. The van der Waals surface area contributed by atoms with Gasteiger partial charge < -0.3 is 5.32 Å². The molecule has 0 aliphatic carbocycles. The number of hydrogen-bond donors (Lipinski definition) is 1. The Balaban J connectivity index is 1.70. The maximum atomic E-state index is 5.96. The Morgan fingerprint density at radius 1 is 0.893 bits per heavy atom. The van der Waals surface area contributed by atoms with E-state index in [4.69, 9.17) is 28.2 Å². The Bertz CT molecular complexity index is 848. The summed E-state index contributed by atoms with van der Waals surface area (Å²) < 4.78 is 0. The van der Waals surface area contributed by atoms with Crippen LogP contribution in [-0.2, 0) is 11.5 Å². The van der Waals surface area contributed by atoms with Gasteiger partial charge in [-0.15, -0.1) is 18.3 Å². The summed E-state index contributed by atoms with van der Waals surface area (Å²) in [6.07, 6.45) is 1.81. The molecule has 0 atom stereocenters. The van der Waals surface area contributed by atoms with Gasteiger partial charge in [-0.2, -0.15) is 0 Å². The fourth-order valence-electron chi connectivity index (χ4n) is 2.30. The van der Waals surface area contributed by atoms with Crippen molar-refractivity contribution >= 4 is 52.5 Å². The molecule has 0 amide bonds. The summed E-state index contributed by atoms with van der Waals surface area (Å²) >= 11 is 15.2. The van der Waals surface area contributed by atoms with Crippen LogP contribution in [0.15, 0.2) is 77.3 Å². The van der Waals surface area contributed by atoms with Crippen molar-refractivity contribution in [3.63, 3.8) is 0 Å². The van der Waals surface area contributed by atoms with E-state index in [0.717, 1.165) is 43.1 Å². The Hall–Kier alpha value is -1.66. The zero-order valence-corrected chi connectivity index (χ0v) is 18.2. The van der Waals surface area contributed by atoms with E-state index in [2.05, 4.69) is 16.9 Å². The van der Waals surface area contributed by atoms with Gasteiger partial charge >= 0.3 is 0 Å². The second-order valence-electron chi connectivity index (χ2n) is 5.85. The molecule has 0 aliphatic rings. The molecule has 0 radical (unpaired) electrons. The molecule has 1 N–H and O–H groups in total. The number of anilines is 1. The first-order valence-corrected chi connectivity index (χ1v) is 11.3. The molecule has 3 nitrogen and oxygen atoms in total. The van der Waals surface area contributed by atoms with Crippen molar-refractivity contribution < 1.29 is 0 Å². The number of hydrogen-bond acceptors (Lipinski definition) is 5. The van der Waals surface area contributed by atoms with E-state index in [1.807, 2.05) is 60.7 Å². The van der Waals surface area contributed by atoms with Crippen molar-refractivity contribution in [1.29, 1.82) is 0 Å². The molecule has 0 spiro atoms. The van der Waals surface area contributed by atoms with Crippen LogP contribution < -0.4 is 5.32 Å². The minimum absolute atomic E-state index is 0.655. The lowest BCUT2D eigenvalue weighted by Gasteiger charge is -2.09. The van der Waals surface area contributed by atoms with E-state index in [1.54, 1.807) is 23.5 Å². The summed E-state index contributed by atoms with van der Waals surface area (Å²) in [6.45, 7) is 4.40. The van der Waals surface area contributed by atoms with Gasteiger partial charge in [-0.1, -0.05) is 53.2 Å². The second kappa shape index (κ2) is 10.8. The van der Waals surface area contributed by atoms with Crippen molar-refractivity contribution in [2.45, 2.75) is 21.6 Å². The first-order chi connectivity index (χ1) is 13.6. The third-order valence-electron chi connectivity index (χ3n) is 3.67. The summed E-state index contributed by atoms with van der Waals surface area (Å²) in [5.41, 5.74) is 2.15. The smallest absolute Gasteiger partial charge is 0.190 e. The van der Waals surface area contributed by atoms with Gasteiger partial charge in [-0.05, 0) is 42.0 Å². The highest BCUT2D eigenvalue weighted by molar-refractivity contribution is 7.98. The molecular formula is C21H19Cl2N3S2. The monoisotopic (exact) mass is 447 g/mol. The zero-order valence-electron chi connectivity index (χ0n) is 15.1. The third-order valence-corrected chi connectivity index (χ3v) is 6.14. The maximum Gasteiger partial charge on any atom is 0.190 e. The van der Waals surface area contributed by atoms with Gasteiger partial charge in [-0.3, -0.25) is 0 Å². The van der Waals surface area contributed by atoms with Crippen LogP contribution in [0.1, 0.15) is 11.3 Å². The van der Waals surface area contributed by atoms with Gasteiger partial charge in [0.15, 0.2) is 5.16 Å².